The molecule has 2 saturated heterocycles. The van der Waals surface area contributed by atoms with Gasteiger partial charge in [0.05, 0.1) is 46.2 Å². The summed E-state index contributed by atoms with van der Waals surface area (Å²) in [6.45, 7) is 0.0622. The number of hydrogen-bond acceptors (Lipinski definition) is 14. The van der Waals surface area contributed by atoms with Gasteiger partial charge in [0, 0.05) is 0 Å². The molecule has 0 aromatic heterocycles. The fourth-order valence-corrected chi connectivity index (χ4v) is 7.86. The Balaban J connectivity index is 1.19. The minimum absolute atomic E-state index is 0.0170. The summed E-state index contributed by atoms with van der Waals surface area (Å²) in [5.74, 6) is 0.309. The van der Waals surface area contributed by atoms with Crippen LogP contribution in [0.5, 0.6) is 5.75 Å². The first-order valence-corrected chi connectivity index (χ1v) is 23.3. The minimum atomic E-state index is -1.95. The van der Waals surface area contributed by atoms with E-state index in [4.69, 9.17) is 82.2 Å². The lowest BCUT2D eigenvalue weighted by atomic mass is 9.95. The zero-order valence-electron chi connectivity index (χ0n) is 37.3. The van der Waals surface area contributed by atoms with Gasteiger partial charge in [0.2, 0.25) is 3.79 Å². The molecule has 5 aromatic rings. The first-order valence-electron chi connectivity index (χ1n) is 22.2. The van der Waals surface area contributed by atoms with E-state index in [0.717, 1.165) is 22.3 Å². The molecular weight excluding hydrogens is 957 g/mol. The molecule has 0 aliphatic carbocycles. The van der Waals surface area contributed by atoms with Crippen LogP contribution in [0.15, 0.2) is 146 Å². The van der Waals surface area contributed by atoms with Crippen LogP contribution in [0.2, 0.25) is 0 Å². The summed E-state index contributed by atoms with van der Waals surface area (Å²) in [4.78, 5) is 24.2. The number of hydrogen-bond donors (Lipinski definition) is 3. The van der Waals surface area contributed by atoms with Gasteiger partial charge in [-0.1, -0.05) is 168 Å². The van der Waals surface area contributed by atoms with E-state index in [1.807, 2.05) is 121 Å². The number of ether oxygens (including phenoxy) is 10. The van der Waals surface area contributed by atoms with Crippen LogP contribution in [0.1, 0.15) is 27.8 Å². The Labute approximate surface area is 415 Å². The molecule has 69 heavy (non-hydrogen) atoms. The number of aliphatic hydroxyl groups excluding tert-OH is 2. The lowest BCUT2D eigenvalue weighted by Gasteiger charge is -2.48. The number of benzene rings is 5. The highest BCUT2D eigenvalue weighted by Gasteiger charge is 2.53. The molecule has 18 heteroatoms. The maximum atomic E-state index is 13.3. The number of carbonyl (C=O) groups excluding carboxylic acids is 2. The van der Waals surface area contributed by atoms with Gasteiger partial charge in [0.15, 0.2) is 12.6 Å². The molecular formula is C51H54Cl3NO14. The van der Waals surface area contributed by atoms with Gasteiger partial charge >= 0.3 is 6.09 Å². The number of nitrogens with one attached hydrogen (secondary N) is 1. The van der Waals surface area contributed by atoms with Gasteiger partial charge in [-0.25, -0.2) is 4.79 Å². The van der Waals surface area contributed by atoms with Crippen molar-refractivity contribution in [1.82, 2.24) is 5.32 Å². The molecule has 3 N–H and O–H groups in total. The van der Waals surface area contributed by atoms with Crippen LogP contribution in [0.3, 0.4) is 0 Å². The molecule has 0 spiro atoms. The quantitative estimate of drug-likeness (QED) is 0.0437. The number of amides is 1. The van der Waals surface area contributed by atoms with E-state index in [1.165, 1.54) is 0 Å². The van der Waals surface area contributed by atoms with E-state index in [0.29, 0.717) is 17.8 Å². The smallest absolute Gasteiger partial charge is 0.407 e. The van der Waals surface area contributed by atoms with Crippen LogP contribution in [0.25, 0.3) is 0 Å². The third kappa shape index (κ3) is 16.2. The topological polar surface area (TPSA) is 179 Å². The Morgan fingerprint density at radius 3 is 1.52 bits per heavy atom. The Morgan fingerprint density at radius 1 is 0.565 bits per heavy atom. The van der Waals surface area contributed by atoms with Crippen molar-refractivity contribution in [2.45, 2.75) is 98.2 Å². The molecule has 0 saturated carbocycles. The average Bonchev–Trinajstić information content (AvgIpc) is 3.36. The number of alkyl halides is 3. The summed E-state index contributed by atoms with van der Waals surface area (Å²) in [7, 11) is 0. The van der Waals surface area contributed by atoms with Crippen LogP contribution >= 0.6 is 34.8 Å². The highest BCUT2D eigenvalue weighted by molar-refractivity contribution is 6.67. The second-order valence-electron chi connectivity index (χ2n) is 16.2. The molecule has 2 aliphatic rings. The maximum Gasteiger partial charge on any atom is 0.407 e. The highest BCUT2D eigenvalue weighted by atomic mass is 35.6. The maximum absolute atomic E-state index is 13.3. The fraction of sp³-hybridized carbons (Fsp3) is 0.373. The molecule has 0 unspecified atom stereocenters. The van der Waals surface area contributed by atoms with Gasteiger partial charge in [0.25, 0.3) is 6.47 Å². The van der Waals surface area contributed by atoms with Gasteiger partial charge in [0.1, 0.15) is 61.1 Å². The van der Waals surface area contributed by atoms with E-state index in [2.05, 4.69) is 5.32 Å². The Morgan fingerprint density at radius 2 is 1.01 bits per heavy atom. The summed E-state index contributed by atoms with van der Waals surface area (Å²) >= 11 is 17.7. The van der Waals surface area contributed by atoms with Gasteiger partial charge in [-0.3, -0.25) is 4.79 Å². The van der Waals surface area contributed by atoms with Crippen LogP contribution in [0, 0.1) is 0 Å². The fourth-order valence-electron chi connectivity index (χ4n) is 7.70. The van der Waals surface area contributed by atoms with Gasteiger partial charge < -0.3 is 62.9 Å². The van der Waals surface area contributed by atoms with E-state index >= 15 is 0 Å². The predicted octanol–water partition coefficient (Wildman–Crippen LogP) is 7.36. The molecule has 5 aromatic carbocycles. The van der Waals surface area contributed by atoms with Gasteiger partial charge in [-0.2, -0.15) is 0 Å². The summed E-state index contributed by atoms with van der Waals surface area (Å²) in [6, 6.07) is 43.1. The van der Waals surface area contributed by atoms with Gasteiger partial charge in [-0.15, -0.1) is 0 Å². The SMILES string of the molecule is O=COc1ccc(CO[C@@H]2O[C@H](COCc3ccccc3)[C@@H](O[C@@H]3O[C@H](COCc4ccccc4)[C@H](OCc4ccccc4)[C@H](OCc4ccccc4)[C@H]3O)[C@H](O)[C@H]2NC(=O)OCC(Cl)(Cl)Cl)cc1. The molecule has 0 radical (unpaired) electrons. The van der Waals surface area contributed by atoms with Crippen molar-refractivity contribution in [3.63, 3.8) is 0 Å². The van der Waals surface area contributed by atoms with Crippen LogP contribution in [0.4, 0.5) is 4.79 Å². The number of rotatable bonds is 23. The van der Waals surface area contributed by atoms with Crippen molar-refractivity contribution < 1.29 is 67.2 Å². The van der Waals surface area contributed by atoms with Crippen molar-refractivity contribution in [2.75, 3.05) is 19.8 Å². The zero-order chi connectivity index (χ0) is 48.4. The van der Waals surface area contributed by atoms with Crippen molar-refractivity contribution in [1.29, 1.82) is 0 Å². The average molecular weight is 1010 g/mol. The lowest BCUT2D eigenvalue weighted by molar-refractivity contribution is -0.357. The summed E-state index contributed by atoms with van der Waals surface area (Å²) in [5, 5.41) is 27.4. The molecule has 7 rings (SSSR count). The summed E-state index contributed by atoms with van der Waals surface area (Å²) in [5.41, 5.74) is 4.13. The Bertz CT molecular complexity index is 2270. The summed E-state index contributed by atoms with van der Waals surface area (Å²) < 4.78 is 59.7. The van der Waals surface area contributed by atoms with Crippen molar-refractivity contribution >= 4 is 47.4 Å². The minimum Gasteiger partial charge on any atom is -0.445 e. The largest absolute Gasteiger partial charge is 0.445 e. The molecule has 0 bridgehead atoms. The number of aliphatic hydroxyl groups is 2. The van der Waals surface area contributed by atoms with Crippen molar-refractivity contribution in [3.05, 3.63) is 173 Å². The van der Waals surface area contributed by atoms with Crippen LogP contribution in [-0.4, -0.2) is 108 Å². The van der Waals surface area contributed by atoms with E-state index < -0.39 is 77.8 Å². The first-order chi connectivity index (χ1) is 33.5. The molecule has 15 nitrogen and oxygen atoms in total. The molecule has 2 fully saturated rings. The predicted molar refractivity (Wildman–Crippen MR) is 253 cm³/mol. The third-order valence-electron chi connectivity index (χ3n) is 11.1. The molecule has 368 valence electrons. The molecule has 2 heterocycles. The third-order valence-corrected chi connectivity index (χ3v) is 11.4. The highest BCUT2D eigenvalue weighted by Crippen LogP contribution is 2.34. The normalized spacial score (nSPS) is 24.8. The molecule has 2 aliphatic heterocycles. The number of alkyl carbamates (subject to hydrolysis) is 1. The van der Waals surface area contributed by atoms with Crippen molar-refractivity contribution in [3.8, 4) is 5.75 Å². The van der Waals surface area contributed by atoms with Crippen LogP contribution < -0.4 is 10.1 Å². The monoisotopic (exact) mass is 1010 g/mol. The van der Waals surface area contributed by atoms with Crippen molar-refractivity contribution in [2.24, 2.45) is 0 Å². The molecule has 10 atom stereocenters. The van der Waals surface area contributed by atoms with Crippen LogP contribution in [-0.2, 0) is 80.5 Å². The zero-order valence-corrected chi connectivity index (χ0v) is 39.6. The second kappa shape index (κ2) is 26.5. The van der Waals surface area contributed by atoms with E-state index in [9.17, 15) is 19.8 Å². The summed E-state index contributed by atoms with van der Waals surface area (Å²) in [6.07, 6.45) is -12.5. The number of carbonyl (C=O) groups is 2. The van der Waals surface area contributed by atoms with E-state index in [-0.39, 0.29) is 46.2 Å². The number of halogens is 3. The first kappa shape index (κ1) is 52.1. The Kier molecular flexibility index (Phi) is 20.0. The van der Waals surface area contributed by atoms with Gasteiger partial charge in [-0.05, 0) is 39.9 Å². The molecule has 1 amide bonds. The Hall–Kier alpha value is -4.69. The van der Waals surface area contributed by atoms with E-state index in [1.54, 1.807) is 24.3 Å². The second-order valence-corrected chi connectivity index (χ2v) is 18.7. The lowest BCUT2D eigenvalue weighted by Crippen LogP contribution is -2.68. The standard InChI is InChI=1S/C51H54Cl3NO14/c52-51(53,54)32-65-50(59)55-42-43(57)45(40(30-60-25-34-13-5-1-6-14-34)67-48(42)64-29-38-21-23-39(24-22-38)66-33-56)69-49-44(58)47(63-28-37-19-11-4-12-20-37)46(62-27-36-17-9-3-10-18-36)41(68-49)31-61-26-35-15-7-2-8-16-35/h1-24,33,40-49,57-58H,25-32H2,(H,55,59)/t40-,41-,42-,43-,44-,45-,46+,47-,48-,49+/m1/s1.